The van der Waals surface area contributed by atoms with E-state index in [0.717, 1.165) is 57.4 Å². The van der Waals surface area contributed by atoms with Crippen molar-refractivity contribution in [2.75, 3.05) is 52.4 Å². The summed E-state index contributed by atoms with van der Waals surface area (Å²) in [6.07, 6.45) is 2.58. The Labute approximate surface area is 192 Å². The lowest BCUT2D eigenvalue weighted by molar-refractivity contribution is 0.105. The fraction of sp³-hybridized carbons (Fsp3) is 0.560. The molecule has 2 aromatic rings. The summed E-state index contributed by atoms with van der Waals surface area (Å²) in [6.45, 7) is 14.7. The number of benzene rings is 1. The molecule has 176 valence electrons. The molecular weight excluding hydrogens is 402 g/mol. The van der Waals surface area contributed by atoms with Gasteiger partial charge in [-0.2, -0.15) is 0 Å². The second-order valence-electron chi connectivity index (χ2n) is 8.13. The Balaban J connectivity index is 1.36. The molecule has 3 rings (SSSR count). The van der Waals surface area contributed by atoms with Gasteiger partial charge < -0.3 is 24.7 Å². The second-order valence-corrected chi connectivity index (χ2v) is 8.13. The van der Waals surface area contributed by atoms with Crippen molar-refractivity contribution in [3.63, 3.8) is 0 Å². The van der Waals surface area contributed by atoms with Gasteiger partial charge in [0.05, 0.1) is 12.8 Å². The molecule has 0 aliphatic carbocycles. The number of hydrogen-bond acceptors (Lipinski definition) is 5. The molecule has 1 aliphatic rings. The molecule has 7 heteroatoms. The largest absolute Gasteiger partial charge is 0.467 e. The van der Waals surface area contributed by atoms with Gasteiger partial charge in [-0.15, -0.1) is 0 Å². The molecule has 2 N–H and O–H groups in total. The van der Waals surface area contributed by atoms with Crippen molar-refractivity contribution in [3.05, 3.63) is 59.5 Å². The normalized spacial score (nSPS) is 15.8. The van der Waals surface area contributed by atoms with Crippen LogP contribution in [-0.4, -0.2) is 68.2 Å². The van der Waals surface area contributed by atoms with E-state index in [1.165, 1.54) is 24.2 Å². The number of guanidine groups is 1. The van der Waals surface area contributed by atoms with Crippen molar-refractivity contribution >= 4 is 5.96 Å². The van der Waals surface area contributed by atoms with Gasteiger partial charge in [0, 0.05) is 52.4 Å². The lowest BCUT2D eigenvalue weighted by Crippen LogP contribution is -2.45. The average molecular weight is 442 g/mol. The third-order valence-corrected chi connectivity index (χ3v) is 5.69. The molecule has 1 aromatic heterocycles. The van der Waals surface area contributed by atoms with Crippen molar-refractivity contribution in [2.45, 2.75) is 40.0 Å². The first-order valence-electron chi connectivity index (χ1n) is 11.9. The van der Waals surface area contributed by atoms with Crippen molar-refractivity contribution in [1.82, 2.24) is 20.4 Å². The van der Waals surface area contributed by atoms with Gasteiger partial charge in [-0.3, -0.25) is 4.90 Å². The highest BCUT2D eigenvalue weighted by Crippen LogP contribution is 2.11. The highest BCUT2D eigenvalue weighted by Gasteiger charge is 2.15. The van der Waals surface area contributed by atoms with Crippen LogP contribution in [-0.2, 0) is 24.4 Å². The van der Waals surface area contributed by atoms with Gasteiger partial charge in [0.25, 0.3) is 0 Å². The summed E-state index contributed by atoms with van der Waals surface area (Å²) in [7, 11) is 0. The van der Waals surface area contributed by atoms with Crippen molar-refractivity contribution in [2.24, 2.45) is 4.99 Å². The van der Waals surface area contributed by atoms with Crippen LogP contribution in [0.5, 0.6) is 0 Å². The van der Waals surface area contributed by atoms with Crippen molar-refractivity contribution < 1.29 is 9.15 Å². The van der Waals surface area contributed by atoms with E-state index >= 15 is 0 Å². The standard InChI is InChI=1S/C25H39N5O2/c1-3-26-25(27-12-6-17-31-21-24-7-5-18-32-24)28-19-22-8-10-23(11-9-22)20-30-15-13-29(4-2)14-16-30/h5,7-11,18H,3-4,6,12-17,19-21H2,1-2H3,(H2,26,27,28). The van der Waals surface area contributed by atoms with E-state index in [2.05, 4.69) is 58.5 Å². The molecule has 0 amide bonds. The van der Waals surface area contributed by atoms with Crippen LogP contribution in [0.3, 0.4) is 0 Å². The van der Waals surface area contributed by atoms with E-state index in [1.54, 1.807) is 6.26 Å². The molecule has 7 nitrogen and oxygen atoms in total. The maximum absolute atomic E-state index is 5.63. The van der Waals surface area contributed by atoms with Crippen LogP contribution in [0.25, 0.3) is 0 Å². The third-order valence-electron chi connectivity index (χ3n) is 5.69. The lowest BCUT2D eigenvalue weighted by atomic mass is 10.1. The summed E-state index contributed by atoms with van der Waals surface area (Å²) in [6, 6.07) is 12.7. The number of nitrogens with one attached hydrogen (secondary N) is 2. The maximum atomic E-state index is 5.63. The van der Waals surface area contributed by atoms with Crippen molar-refractivity contribution in [3.8, 4) is 0 Å². The maximum Gasteiger partial charge on any atom is 0.191 e. The zero-order valence-corrected chi connectivity index (χ0v) is 19.7. The number of nitrogens with zero attached hydrogens (tertiary/aromatic N) is 3. The number of aliphatic imine (C=N–C) groups is 1. The SMILES string of the molecule is CCNC(=NCc1ccc(CN2CCN(CC)CC2)cc1)NCCCOCc1ccco1. The van der Waals surface area contributed by atoms with Gasteiger partial charge in [0.15, 0.2) is 5.96 Å². The molecule has 0 saturated carbocycles. The number of hydrogen-bond donors (Lipinski definition) is 2. The van der Waals surface area contributed by atoms with E-state index in [-0.39, 0.29) is 0 Å². The van der Waals surface area contributed by atoms with E-state index in [1.807, 2.05) is 12.1 Å². The lowest BCUT2D eigenvalue weighted by Gasteiger charge is -2.34. The molecular formula is C25H39N5O2. The summed E-state index contributed by atoms with van der Waals surface area (Å²) in [4.78, 5) is 9.79. The molecule has 1 saturated heterocycles. The Hall–Kier alpha value is -2.35. The highest BCUT2D eigenvalue weighted by atomic mass is 16.5. The zero-order valence-electron chi connectivity index (χ0n) is 19.7. The minimum absolute atomic E-state index is 0.520. The number of rotatable bonds is 12. The molecule has 0 radical (unpaired) electrons. The Kier molecular flexibility index (Phi) is 10.6. The van der Waals surface area contributed by atoms with Crippen molar-refractivity contribution in [1.29, 1.82) is 0 Å². The Morgan fingerprint density at radius 3 is 2.44 bits per heavy atom. The summed E-state index contributed by atoms with van der Waals surface area (Å²) in [5.41, 5.74) is 2.60. The molecule has 0 bridgehead atoms. The van der Waals surface area contributed by atoms with Gasteiger partial charge in [-0.25, -0.2) is 4.99 Å². The first kappa shape index (κ1) is 24.3. The molecule has 0 spiro atoms. The van der Waals surface area contributed by atoms with Gasteiger partial charge in [-0.1, -0.05) is 31.2 Å². The van der Waals surface area contributed by atoms with E-state index in [0.29, 0.717) is 19.8 Å². The Morgan fingerprint density at radius 1 is 1.00 bits per heavy atom. The van der Waals surface area contributed by atoms with Crippen LogP contribution in [0.2, 0.25) is 0 Å². The average Bonchev–Trinajstić information content (AvgIpc) is 3.34. The molecule has 32 heavy (non-hydrogen) atoms. The first-order chi connectivity index (χ1) is 15.8. The zero-order chi connectivity index (χ0) is 22.4. The first-order valence-corrected chi connectivity index (χ1v) is 11.9. The molecule has 0 unspecified atom stereocenters. The number of furan rings is 1. The van der Waals surface area contributed by atoms with Gasteiger partial charge in [0.1, 0.15) is 12.4 Å². The summed E-state index contributed by atoms with van der Waals surface area (Å²) < 4.78 is 10.9. The predicted octanol–water partition coefficient (Wildman–Crippen LogP) is 3.08. The molecule has 1 aromatic carbocycles. The van der Waals surface area contributed by atoms with Crippen LogP contribution < -0.4 is 10.6 Å². The third kappa shape index (κ3) is 8.65. The smallest absolute Gasteiger partial charge is 0.191 e. The fourth-order valence-electron chi connectivity index (χ4n) is 3.73. The summed E-state index contributed by atoms with van der Waals surface area (Å²) in [5, 5.41) is 6.70. The number of ether oxygens (including phenoxy) is 1. The number of piperazine rings is 1. The highest BCUT2D eigenvalue weighted by molar-refractivity contribution is 5.79. The Morgan fingerprint density at radius 2 is 1.75 bits per heavy atom. The van der Waals surface area contributed by atoms with E-state index < -0.39 is 0 Å². The minimum atomic E-state index is 0.520. The van der Waals surface area contributed by atoms with E-state index in [9.17, 15) is 0 Å². The topological polar surface area (TPSA) is 65.3 Å². The van der Waals surface area contributed by atoms with Crippen LogP contribution in [0.4, 0.5) is 0 Å². The number of likely N-dealkylation sites (N-methyl/N-ethyl adjacent to an activating group) is 1. The summed E-state index contributed by atoms with van der Waals surface area (Å²) in [5.74, 6) is 1.70. The van der Waals surface area contributed by atoms with Crippen LogP contribution >= 0.6 is 0 Å². The molecule has 2 heterocycles. The minimum Gasteiger partial charge on any atom is -0.467 e. The second kappa shape index (κ2) is 13.9. The van der Waals surface area contributed by atoms with Gasteiger partial charge in [0.2, 0.25) is 0 Å². The van der Waals surface area contributed by atoms with Gasteiger partial charge >= 0.3 is 0 Å². The fourth-order valence-corrected chi connectivity index (χ4v) is 3.73. The van der Waals surface area contributed by atoms with Crippen LogP contribution in [0.15, 0.2) is 52.1 Å². The quantitative estimate of drug-likeness (QED) is 0.300. The van der Waals surface area contributed by atoms with E-state index in [4.69, 9.17) is 14.1 Å². The molecule has 1 aliphatic heterocycles. The monoisotopic (exact) mass is 441 g/mol. The van der Waals surface area contributed by atoms with Crippen LogP contribution in [0.1, 0.15) is 37.2 Å². The van der Waals surface area contributed by atoms with Gasteiger partial charge in [-0.05, 0) is 43.1 Å². The molecule has 0 atom stereocenters. The molecule has 1 fully saturated rings. The predicted molar refractivity (Wildman–Crippen MR) is 130 cm³/mol. The summed E-state index contributed by atoms with van der Waals surface area (Å²) >= 11 is 0. The van der Waals surface area contributed by atoms with Crippen LogP contribution in [0, 0.1) is 0 Å². The Bertz CT molecular complexity index is 768.